The Hall–Kier alpha value is 2.36. The largest absolute Gasteiger partial charge is 0.392 e. The van der Waals surface area contributed by atoms with Gasteiger partial charge in [-0.05, 0) is 12.8 Å². The molecule has 0 spiro atoms. The smallest absolute Gasteiger partial charge is 0.0676 e. The van der Waals surface area contributed by atoms with Gasteiger partial charge in [0.05, 0.1) is 10.9 Å². The Morgan fingerprint density at radius 1 is 0.611 bits per heavy atom. The molecule has 0 aromatic carbocycles. The lowest BCUT2D eigenvalue weighted by molar-refractivity contribution is 0.158. The average Bonchev–Trinajstić information content (AvgIpc) is 2.37. The lowest BCUT2D eigenvalue weighted by atomic mass is 9.99. The molecule has 6 atom stereocenters. The highest BCUT2D eigenvalue weighted by molar-refractivity contribution is 9.15. The van der Waals surface area contributed by atoms with Gasteiger partial charge in [-0.25, -0.2) is 0 Å². The Kier molecular flexibility index (Phi) is 9.61. The predicted molar refractivity (Wildman–Crippen MR) is 97.3 cm³/mol. The Morgan fingerprint density at radius 2 is 1.11 bits per heavy atom. The zero-order chi connectivity index (χ0) is 13.7. The van der Waals surface area contributed by atoms with Gasteiger partial charge >= 0.3 is 0 Å². The molecule has 0 amide bonds. The molecule has 18 heavy (non-hydrogen) atoms. The van der Waals surface area contributed by atoms with Crippen molar-refractivity contribution in [1.29, 1.82) is 0 Å². The minimum Gasteiger partial charge on any atom is -0.392 e. The number of hydrogen-bond donors (Lipinski definition) is 1. The summed E-state index contributed by atoms with van der Waals surface area (Å²) in [5.41, 5.74) is 0. The maximum absolute atomic E-state index is 10.2. The molecule has 1 rings (SSSR count). The second-order valence-corrected chi connectivity index (χ2v) is 10.3. The summed E-state index contributed by atoms with van der Waals surface area (Å²) in [7, 11) is 0. The molecule has 0 radical (unpaired) electrons. The zero-order valence-electron chi connectivity index (χ0n) is 10.0. The fourth-order valence-corrected chi connectivity index (χ4v) is 6.57. The Balaban J connectivity index is 2.71. The van der Waals surface area contributed by atoms with Crippen LogP contribution in [0.15, 0.2) is 0 Å². The SMILES string of the molecule is OC1CCCCCCC(Br)C(Br)C(Br)C(Br)C1Br. The van der Waals surface area contributed by atoms with E-state index in [4.69, 9.17) is 0 Å². The molecule has 1 aliphatic rings. The molecule has 0 saturated heterocycles. The monoisotopic (exact) mass is 574 g/mol. The van der Waals surface area contributed by atoms with Crippen LogP contribution in [0, 0.1) is 0 Å². The van der Waals surface area contributed by atoms with Gasteiger partial charge in [-0.15, -0.1) is 0 Å². The van der Waals surface area contributed by atoms with Crippen LogP contribution in [0.2, 0.25) is 0 Å². The summed E-state index contributed by atoms with van der Waals surface area (Å²) < 4.78 is 0. The van der Waals surface area contributed by atoms with E-state index in [1.54, 1.807) is 0 Å². The minimum atomic E-state index is -0.290. The van der Waals surface area contributed by atoms with Gasteiger partial charge in [0.2, 0.25) is 0 Å². The topological polar surface area (TPSA) is 20.2 Å². The lowest BCUT2D eigenvalue weighted by Gasteiger charge is -2.31. The van der Waals surface area contributed by atoms with Crippen molar-refractivity contribution < 1.29 is 5.11 Å². The summed E-state index contributed by atoms with van der Waals surface area (Å²) in [6.45, 7) is 0. The first-order valence-corrected chi connectivity index (χ1v) is 10.9. The van der Waals surface area contributed by atoms with Gasteiger partial charge in [-0.3, -0.25) is 0 Å². The van der Waals surface area contributed by atoms with Gasteiger partial charge in [-0.1, -0.05) is 105 Å². The van der Waals surface area contributed by atoms with Gasteiger partial charge < -0.3 is 5.11 Å². The van der Waals surface area contributed by atoms with E-state index in [1.807, 2.05) is 0 Å². The predicted octanol–water partition coefficient (Wildman–Crippen LogP) is 5.52. The van der Waals surface area contributed by atoms with Crippen molar-refractivity contribution in [2.24, 2.45) is 0 Å². The summed E-state index contributed by atoms with van der Waals surface area (Å²) in [5, 5.41) is 10.2. The van der Waals surface area contributed by atoms with Crippen LogP contribution < -0.4 is 0 Å². The maximum atomic E-state index is 10.2. The molecular weight excluding hydrogens is 560 g/mol. The third-order valence-corrected chi connectivity index (χ3v) is 11.9. The van der Waals surface area contributed by atoms with Crippen molar-refractivity contribution in [3.8, 4) is 0 Å². The summed E-state index contributed by atoms with van der Waals surface area (Å²) in [6.07, 6.45) is 6.61. The van der Waals surface area contributed by atoms with Crippen LogP contribution in [-0.4, -0.2) is 35.3 Å². The third kappa shape index (κ3) is 5.63. The molecule has 1 N–H and O–H groups in total. The van der Waals surface area contributed by atoms with E-state index in [2.05, 4.69) is 79.6 Å². The van der Waals surface area contributed by atoms with Gasteiger partial charge in [0.25, 0.3) is 0 Å². The molecular formula is C12H19Br5O. The molecule has 0 aromatic rings. The highest BCUT2D eigenvalue weighted by Crippen LogP contribution is 2.36. The summed E-state index contributed by atoms with van der Waals surface area (Å²) in [6, 6.07) is 0. The van der Waals surface area contributed by atoms with Gasteiger partial charge in [0.1, 0.15) is 0 Å². The molecule has 1 aliphatic carbocycles. The fourth-order valence-electron chi connectivity index (χ4n) is 2.13. The van der Waals surface area contributed by atoms with Crippen molar-refractivity contribution in [2.75, 3.05) is 0 Å². The Labute approximate surface area is 152 Å². The second kappa shape index (κ2) is 9.39. The van der Waals surface area contributed by atoms with Crippen LogP contribution in [0.1, 0.15) is 38.5 Å². The van der Waals surface area contributed by atoms with Gasteiger partial charge in [-0.2, -0.15) is 0 Å². The highest BCUT2D eigenvalue weighted by atomic mass is 79.9. The molecule has 6 heteroatoms. The molecule has 0 heterocycles. The van der Waals surface area contributed by atoms with Crippen LogP contribution in [0.25, 0.3) is 0 Å². The number of aliphatic hydroxyl groups excluding tert-OH is 1. The molecule has 1 fully saturated rings. The van der Waals surface area contributed by atoms with Crippen LogP contribution in [0.3, 0.4) is 0 Å². The van der Waals surface area contributed by atoms with E-state index in [9.17, 15) is 5.11 Å². The van der Waals surface area contributed by atoms with Crippen molar-refractivity contribution in [1.82, 2.24) is 0 Å². The summed E-state index contributed by atoms with van der Waals surface area (Å²) >= 11 is 18.6. The van der Waals surface area contributed by atoms with Gasteiger partial charge in [0.15, 0.2) is 0 Å². The van der Waals surface area contributed by atoms with Crippen molar-refractivity contribution in [2.45, 2.75) is 68.8 Å². The molecule has 0 aromatic heterocycles. The van der Waals surface area contributed by atoms with Crippen LogP contribution in [0.5, 0.6) is 0 Å². The normalized spacial score (nSPS) is 45.0. The average molecular weight is 579 g/mol. The third-order valence-electron chi connectivity index (χ3n) is 3.36. The first-order chi connectivity index (χ1) is 8.45. The van der Waals surface area contributed by atoms with Crippen LogP contribution in [-0.2, 0) is 0 Å². The lowest BCUT2D eigenvalue weighted by Crippen LogP contribution is -2.40. The standard InChI is InChI=1S/C12H19Br5O/c13-7-5-3-1-2-4-6-8(18)10(15)12(17)11(16)9(7)14/h7-12,18H,1-6H2. The van der Waals surface area contributed by atoms with Crippen LogP contribution in [0.4, 0.5) is 0 Å². The van der Waals surface area contributed by atoms with Crippen molar-refractivity contribution in [3.05, 3.63) is 0 Å². The molecule has 1 nitrogen and oxygen atoms in total. The first kappa shape index (κ1) is 18.4. The molecule has 0 aliphatic heterocycles. The molecule has 108 valence electrons. The highest BCUT2D eigenvalue weighted by Gasteiger charge is 2.35. The Morgan fingerprint density at radius 3 is 1.72 bits per heavy atom. The van der Waals surface area contributed by atoms with E-state index >= 15 is 0 Å². The molecule has 1 saturated carbocycles. The number of rotatable bonds is 0. The maximum Gasteiger partial charge on any atom is 0.0676 e. The van der Waals surface area contributed by atoms with E-state index < -0.39 is 0 Å². The zero-order valence-corrected chi connectivity index (χ0v) is 18.0. The summed E-state index contributed by atoms with van der Waals surface area (Å²) in [5.74, 6) is 0. The van der Waals surface area contributed by atoms with E-state index in [-0.39, 0.29) is 20.6 Å². The number of halogens is 5. The quantitative estimate of drug-likeness (QED) is 0.376. The van der Waals surface area contributed by atoms with Crippen molar-refractivity contribution >= 4 is 79.6 Å². The number of aliphatic hydroxyl groups is 1. The van der Waals surface area contributed by atoms with Gasteiger partial charge in [0, 0.05) is 19.3 Å². The Bertz CT molecular complexity index is 217. The molecule has 6 unspecified atom stereocenters. The van der Waals surface area contributed by atoms with Crippen LogP contribution >= 0.6 is 79.6 Å². The minimum absolute atomic E-state index is 0.0704. The van der Waals surface area contributed by atoms with E-state index in [0.717, 1.165) is 12.8 Å². The van der Waals surface area contributed by atoms with Crippen molar-refractivity contribution in [3.63, 3.8) is 0 Å². The van der Waals surface area contributed by atoms with E-state index in [0.29, 0.717) is 9.65 Å². The second-order valence-electron chi connectivity index (χ2n) is 4.85. The fraction of sp³-hybridized carbons (Fsp3) is 1.00. The van der Waals surface area contributed by atoms with E-state index in [1.165, 1.54) is 25.7 Å². The number of hydrogen-bond acceptors (Lipinski definition) is 1. The summed E-state index contributed by atoms with van der Waals surface area (Å²) in [4.78, 5) is 1.32. The first-order valence-electron chi connectivity index (χ1n) is 6.33. The number of alkyl halides is 5. The molecule has 0 bridgehead atoms.